The van der Waals surface area contributed by atoms with Gasteiger partial charge in [0.25, 0.3) is 5.91 Å². The molecule has 1 unspecified atom stereocenters. The first kappa shape index (κ1) is 16.3. The van der Waals surface area contributed by atoms with Crippen molar-refractivity contribution in [2.75, 3.05) is 6.61 Å². The van der Waals surface area contributed by atoms with Crippen molar-refractivity contribution in [3.63, 3.8) is 0 Å². The van der Waals surface area contributed by atoms with Crippen molar-refractivity contribution in [3.8, 4) is 5.75 Å². The fraction of sp³-hybridized carbons (Fsp3) is 0.529. The molecular formula is C17H23NO4. The highest BCUT2D eigenvalue weighted by molar-refractivity contribution is 5.84. The highest BCUT2D eigenvalue weighted by atomic mass is 16.5. The summed E-state index contributed by atoms with van der Waals surface area (Å²) in [5.74, 6) is -0.336. The smallest absolute Gasteiger partial charge is 0.326 e. The Morgan fingerprint density at radius 3 is 2.59 bits per heavy atom. The molecule has 1 aromatic rings. The third kappa shape index (κ3) is 4.23. The van der Waals surface area contributed by atoms with Crippen molar-refractivity contribution in [1.82, 2.24) is 5.32 Å². The van der Waals surface area contributed by atoms with E-state index in [0.717, 1.165) is 24.0 Å². The highest BCUT2D eigenvalue weighted by Gasteiger charge is 2.37. The average molecular weight is 305 g/mol. The van der Waals surface area contributed by atoms with E-state index in [2.05, 4.69) is 19.2 Å². The van der Waals surface area contributed by atoms with E-state index in [9.17, 15) is 9.59 Å². The van der Waals surface area contributed by atoms with Gasteiger partial charge in [-0.3, -0.25) is 4.79 Å². The maximum Gasteiger partial charge on any atom is 0.326 e. The lowest BCUT2D eigenvalue weighted by Crippen LogP contribution is -2.44. The summed E-state index contributed by atoms with van der Waals surface area (Å²) in [6.07, 6.45) is 1.71. The molecule has 2 N–H and O–H groups in total. The van der Waals surface area contributed by atoms with Gasteiger partial charge in [-0.15, -0.1) is 0 Å². The van der Waals surface area contributed by atoms with Gasteiger partial charge in [0.05, 0.1) is 0 Å². The predicted molar refractivity (Wildman–Crippen MR) is 83.1 cm³/mol. The third-order valence-electron chi connectivity index (χ3n) is 3.83. The summed E-state index contributed by atoms with van der Waals surface area (Å²) in [7, 11) is 0. The van der Waals surface area contributed by atoms with Crippen LogP contribution in [-0.4, -0.2) is 29.6 Å². The summed E-state index contributed by atoms with van der Waals surface area (Å²) in [6.45, 7) is 5.92. The Balaban J connectivity index is 1.96. The van der Waals surface area contributed by atoms with E-state index in [1.165, 1.54) is 0 Å². The molecule has 0 heterocycles. The van der Waals surface area contributed by atoms with E-state index in [1.54, 1.807) is 0 Å². The molecule has 1 aliphatic rings. The molecule has 1 aliphatic carbocycles. The molecule has 22 heavy (non-hydrogen) atoms. The minimum absolute atomic E-state index is 0.0617. The summed E-state index contributed by atoms with van der Waals surface area (Å²) in [4.78, 5) is 23.1. The van der Waals surface area contributed by atoms with Crippen LogP contribution in [0.5, 0.6) is 5.75 Å². The third-order valence-corrected chi connectivity index (χ3v) is 3.83. The van der Waals surface area contributed by atoms with Crippen molar-refractivity contribution >= 4 is 11.9 Å². The summed E-state index contributed by atoms with van der Waals surface area (Å²) in [5, 5.41) is 11.7. The van der Waals surface area contributed by atoms with Crippen LogP contribution in [0.1, 0.15) is 43.7 Å². The van der Waals surface area contributed by atoms with Gasteiger partial charge in [-0.2, -0.15) is 0 Å². The SMILES string of the molecule is Cc1ccc(C(C)C)c(OCC(=O)NC(C(=O)O)C2CC2)c1. The minimum Gasteiger partial charge on any atom is -0.483 e. The number of carboxylic acid groups (broad SMARTS) is 1. The van der Waals surface area contributed by atoms with Gasteiger partial charge in [0.15, 0.2) is 6.61 Å². The maximum atomic E-state index is 11.9. The molecule has 1 atom stereocenters. The predicted octanol–water partition coefficient (Wildman–Crippen LogP) is 2.48. The Hall–Kier alpha value is -2.04. The molecule has 1 saturated carbocycles. The van der Waals surface area contributed by atoms with Crippen LogP contribution >= 0.6 is 0 Å². The Morgan fingerprint density at radius 1 is 1.36 bits per heavy atom. The van der Waals surface area contributed by atoms with Crippen LogP contribution < -0.4 is 10.1 Å². The first-order chi connectivity index (χ1) is 10.4. The summed E-state index contributed by atoms with van der Waals surface area (Å²) in [5.41, 5.74) is 2.09. The minimum atomic E-state index is -0.978. The van der Waals surface area contributed by atoms with Gasteiger partial charge in [-0.25, -0.2) is 4.79 Å². The summed E-state index contributed by atoms with van der Waals surface area (Å²) < 4.78 is 5.62. The monoisotopic (exact) mass is 305 g/mol. The number of aliphatic carboxylic acids is 1. The molecule has 5 heteroatoms. The topological polar surface area (TPSA) is 75.6 Å². The molecule has 0 spiro atoms. The van der Waals surface area contributed by atoms with E-state index < -0.39 is 17.9 Å². The molecule has 2 rings (SSSR count). The van der Waals surface area contributed by atoms with Crippen molar-refractivity contribution in [1.29, 1.82) is 0 Å². The maximum absolute atomic E-state index is 11.9. The second-order valence-corrected chi connectivity index (χ2v) is 6.21. The van der Waals surface area contributed by atoms with E-state index >= 15 is 0 Å². The molecule has 1 aromatic carbocycles. The van der Waals surface area contributed by atoms with Gasteiger partial charge < -0.3 is 15.2 Å². The van der Waals surface area contributed by atoms with Gasteiger partial charge in [-0.05, 0) is 48.8 Å². The van der Waals surface area contributed by atoms with Crippen LogP contribution in [0.2, 0.25) is 0 Å². The van der Waals surface area contributed by atoms with Crippen LogP contribution in [0.3, 0.4) is 0 Å². The van der Waals surface area contributed by atoms with Crippen LogP contribution in [0.15, 0.2) is 18.2 Å². The molecule has 0 bridgehead atoms. The quantitative estimate of drug-likeness (QED) is 0.811. The second kappa shape index (κ2) is 6.81. The van der Waals surface area contributed by atoms with Crippen LogP contribution in [0, 0.1) is 12.8 Å². The van der Waals surface area contributed by atoms with E-state index in [0.29, 0.717) is 5.75 Å². The lowest BCUT2D eigenvalue weighted by atomic mass is 10.0. The second-order valence-electron chi connectivity index (χ2n) is 6.21. The first-order valence-corrected chi connectivity index (χ1v) is 7.64. The number of ether oxygens (including phenoxy) is 1. The number of carboxylic acids is 1. The van der Waals surface area contributed by atoms with Gasteiger partial charge >= 0.3 is 5.97 Å². The number of carbonyl (C=O) groups excluding carboxylic acids is 1. The molecule has 5 nitrogen and oxygen atoms in total. The zero-order valence-electron chi connectivity index (χ0n) is 13.3. The Bertz CT molecular complexity index is 564. The number of rotatable bonds is 7. The zero-order valence-corrected chi connectivity index (χ0v) is 13.3. The number of amides is 1. The highest BCUT2D eigenvalue weighted by Crippen LogP contribution is 2.32. The fourth-order valence-corrected chi connectivity index (χ4v) is 2.41. The molecule has 0 saturated heterocycles. The van der Waals surface area contributed by atoms with Gasteiger partial charge in [0.1, 0.15) is 11.8 Å². The first-order valence-electron chi connectivity index (χ1n) is 7.64. The number of hydrogen-bond acceptors (Lipinski definition) is 3. The average Bonchev–Trinajstić information content (AvgIpc) is 3.26. The number of aryl methyl sites for hydroxylation is 1. The Labute approximate surface area is 130 Å². The van der Waals surface area contributed by atoms with Crippen molar-refractivity contribution in [3.05, 3.63) is 29.3 Å². The molecule has 0 radical (unpaired) electrons. The van der Waals surface area contributed by atoms with E-state index in [1.807, 2.05) is 25.1 Å². The molecule has 0 aliphatic heterocycles. The van der Waals surface area contributed by atoms with Crippen LogP contribution in [0.4, 0.5) is 0 Å². The Kier molecular flexibility index (Phi) is 5.06. The van der Waals surface area contributed by atoms with Crippen molar-refractivity contribution < 1.29 is 19.4 Å². The largest absolute Gasteiger partial charge is 0.483 e. The standard InChI is InChI=1S/C17H23NO4/c1-10(2)13-7-4-11(3)8-14(13)22-9-15(19)18-16(17(20)21)12-5-6-12/h4,7-8,10,12,16H,5-6,9H2,1-3H3,(H,18,19)(H,20,21). The van der Waals surface area contributed by atoms with Crippen molar-refractivity contribution in [2.24, 2.45) is 5.92 Å². The van der Waals surface area contributed by atoms with Crippen LogP contribution in [-0.2, 0) is 9.59 Å². The summed E-state index contributed by atoms with van der Waals surface area (Å²) >= 11 is 0. The molecular weight excluding hydrogens is 282 g/mol. The van der Waals surface area contributed by atoms with Crippen molar-refractivity contribution in [2.45, 2.75) is 45.6 Å². The summed E-state index contributed by atoms with van der Waals surface area (Å²) in [6, 6.07) is 5.11. The van der Waals surface area contributed by atoms with E-state index in [-0.39, 0.29) is 18.4 Å². The molecule has 1 amide bonds. The van der Waals surface area contributed by atoms with Crippen LogP contribution in [0.25, 0.3) is 0 Å². The number of nitrogens with one attached hydrogen (secondary N) is 1. The molecule has 0 aromatic heterocycles. The Morgan fingerprint density at radius 2 is 2.05 bits per heavy atom. The number of carbonyl (C=O) groups is 2. The van der Waals surface area contributed by atoms with Gasteiger partial charge in [0.2, 0.25) is 0 Å². The number of hydrogen-bond donors (Lipinski definition) is 2. The lowest BCUT2D eigenvalue weighted by Gasteiger charge is -2.16. The number of benzene rings is 1. The fourth-order valence-electron chi connectivity index (χ4n) is 2.41. The zero-order chi connectivity index (χ0) is 16.3. The molecule has 1 fully saturated rings. The lowest BCUT2D eigenvalue weighted by molar-refractivity contribution is -0.142. The van der Waals surface area contributed by atoms with Gasteiger partial charge in [0, 0.05) is 0 Å². The molecule has 120 valence electrons. The van der Waals surface area contributed by atoms with Gasteiger partial charge in [-0.1, -0.05) is 26.0 Å². The van der Waals surface area contributed by atoms with E-state index in [4.69, 9.17) is 9.84 Å². The normalized spacial score (nSPS) is 15.5.